The monoisotopic (exact) mass is 219 g/mol. The summed E-state index contributed by atoms with van der Waals surface area (Å²) in [6.07, 6.45) is 9.28. The summed E-state index contributed by atoms with van der Waals surface area (Å²) in [7, 11) is 0. The summed E-state index contributed by atoms with van der Waals surface area (Å²) in [5.41, 5.74) is 1.36. The van der Waals surface area contributed by atoms with Crippen molar-refractivity contribution >= 4 is 5.71 Å². The highest BCUT2D eigenvalue weighted by molar-refractivity contribution is 5.88. The van der Waals surface area contributed by atoms with Gasteiger partial charge in [-0.2, -0.15) is 0 Å². The molecule has 2 unspecified atom stereocenters. The summed E-state index contributed by atoms with van der Waals surface area (Å²) in [5, 5.41) is 0. The van der Waals surface area contributed by atoms with Crippen LogP contribution in [0.15, 0.2) is 17.6 Å². The van der Waals surface area contributed by atoms with Gasteiger partial charge in [0.1, 0.15) is 0 Å². The molecule has 0 aliphatic carbocycles. The zero-order valence-electron chi connectivity index (χ0n) is 11.4. The molecule has 0 aliphatic heterocycles. The van der Waals surface area contributed by atoms with Crippen molar-refractivity contribution in [2.75, 3.05) is 0 Å². The normalized spacial score (nSPS) is 16.4. The van der Waals surface area contributed by atoms with Gasteiger partial charge in [0, 0.05) is 17.7 Å². The lowest BCUT2D eigenvalue weighted by atomic mass is 9.74. The number of hydrogen-bond acceptors (Lipinski definition) is 1. The SMILES string of the molecule is C#CN=C(CC(C)C=C)C(CC)C(C)(C)C. The first-order valence-electron chi connectivity index (χ1n) is 6.01. The van der Waals surface area contributed by atoms with Crippen LogP contribution in [0.25, 0.3) is 0 Å². The van der Waals surface area contributed by atoms with Crippen molar-refractivity contribution in [3.05, 3.63) is 12.7 Å². The number of hydrogen-bond donors (Lipinski definition) is 0. The molecule has 0 aromatic heterocycles. The van der Waals surface area contributed by atoms with Crippen molar-refractivity contribution in [1.29, 1.82) is 0 Å². The van der Waals surface area contributed by atoms with Crippen LogP contribution in [-0.2, 0) is 0 Å². The third kappa shape index (κ3) is 4.66. The van der Waals surface area contributed by atoms with Crippen molar-refractivity contribution in [3.63, 3.8) is 0 Å². The van der Waals surface area contributed by atoms with E-state index in [0.29, 0.717) is 11.8 Å². The van der Waals surface area contributed by atoms with Crippen LogP contribution < -0.4 is 0 Å². The second kappa shape index (κ2) is 6.53. The van der Waals surface area contributed by atoms with Crippen LogP contribution in [0.2, 0.25) is 0 Å². The van der Waals surface area contributed by atoms with E-state index in [-0.39, 0.29) is 5.41 Å². The van der Waals surface area contributed by atoms with Gasteiger partial charge in [0.2, 0.25) is 0 Å². The first kappa shape index (κ1) is 15.0. The molecule has 0 saturated heterocycles. The Morgan fingerprint density at radius 3 is 2.38 bits per heavy atom. The van der Waals surface area contributed by atoms with Crippen LogP contribution >= 0.6 is 0 Å². The van der Waals surface area contributed by atoms with Crippen molar-refractivity contribution in [3.8, 4) is 12.5 Å². The topological polar surface area (TPSA) is 12.4 Å². The standard InChI is InChI=1S/C15H25N/c1-8-12(4)11-14(16-10-3)13(9-2)15(5,6)7/h3,8,12-13H,1,9,11H2,2,4-7H3. The predicted molar refractivity (Wildman–Crippen MR) is 73.5 cm³/mol. The van der Waals surface area contributed by atoms with Gasteiger partial charge in [-0.1, -0.05) is 47.1 Å². The maximum Gasteiger partial charge on any atom is 0.0328 e. The molecular formula is C15H25N. The number of aliphatic imine (C=N–C) groups is 1. The van der Waals surface area contributed by atoms with E-state index >= 15 is 0 Å². The zero-order chi connectivity index (χ0) is 12.8. The summed E-state index contributed by atoms with van der Waals surface area (Å²) in [6, 6.07) is 2.44. The minimum absolute atomic E-state index is 0.214. The highest BCUT2D eigenvalue weighted by Crippen LogP contribution is 2.32. The lowest BCUT2D eigenvalue weighted by Gasteiger charge is -2.31. The van der Waals surface area contributed by atoms with Crippen LogP contribution in [-0.4, -0.2) is 5.71 Å². The highest BCUT2D eigenvalue weighted by atomic mass is 14.7. The molecular weight excluding hydrogens is 194 g/mol. The lowest BCUT2D eigenvalue weighted by Crippen LogP contribution is -2.29. The molecule has 1 nitrogen and oxygen atoms in total. The predicted octanol–water partition coefficient (Wildman–Crippen LogP) is 4.30. The van der Waals surface area contributed by atoms with Gasteiger partial charge >= 0.3 is 0 Å². The van der Waals surface area contributed by atoms with Crippen LogP contribution in [0.3, 0.4) is 0 Å². The Labute approximate surface area is 101 Å². The van der Waals surface area contributed by atoms with Crippen molar-refractivity contribution < 1.29 is 0 Å². The lowest BCUT2D eigenvalue weighted by molar-refractivity contribution is 0.301. The Balaban J connectivity index is 4.98. The highest BCUT2D eigenvalue weighted by Gasteiger charge is 2.28. The van der Waals surface area contributed by atoms with Gasteiger partial charge in [-0.15, -0.1) is 6.58 Å². The van der Waals surface area contributed by atoms with Gasteiger partial charge in [0.15, 0.2) is 0 Å². The molecule has 0 spiro atoms. The molecule has 0 heterocycles. The number of terminal acetylenes is 1. The molecule has 0 aromatic carbocycles. The second-order valence-electron chi connectivity index (χ2n) is 5.48. The fraction of sp³-hybridized carbons (Fsp3) is 0.667. The summed E-state index contributed by atoms with van der Waals surface area (Å²) in [4.78, 5) is 4.25. The summed E-state index contributed by atoms with van der Waals surface area (Å²) in [5.74, 6) is 0.884. The number of allylic oxidation sites excluding steroid dienone is 1. The van der Waals surface area contributed by atoms with E-state index in [1.165, 1.54) is 0 Å². The van der Waals surface area contributed by atoms with E-state index in [9.17, 15) is 0 Å². The molecule has 0 aliphatic rings. The van der Waals surface area contributed by atoms with Crippen LogP contribution in [0.4, 0.5) is 0 Å². The van der Waals surface area contributed by atoms with Gasteiger partial charge in [-0.05, 0) is 24.2 Å². The fourth-order valence-corrected chi connectivity index (χ4v) is 2.11. The van der Waals surface area contributed by atoms with Crippen molar-refractivity contribution in [2.24, 2.45) is 22.2 Å². The van der Waals surface area contributed by atoms with Gasteiger partial charge in [-0.25, -0.2) is 4.99 Å². The molecule has 0 saturated carbocycles. The summed E-state index contributed by atoms with van der Waals surface area (Å²) < 4.78 is 0. The van der Waals surface area contributed by atoms with Gasteiger partial charge in [0.25, 0.3) is 0 Å². The van der Waals surface area contributed by atoms with E-state index < -0.39 is 0 Å². The quantitative estimate of drug-likeness (QED) is 0.371. The molecule has 90 valence electrons. The van der Waals surface area contributed by atoms with Crippen molar-refractivity contribution in [2.45, 2.75) is 47.5 Å². The first-order chi connectivity index (χ1) is 7.36. The molecule has 0 aromatic rings. The van der Waals surface area contributed by atoms with E-state index in [0.717, 1.165) is 18.6 Å². The molecule has 0 N–H and O–H groups in total. The zero-order valence-corrected chi connectivity index (χ0v) is 11.4. The van der Waals surface area contributed by atoms with Crippen LogP contribution in [0, 0.1) is 29.7 Å². The smallest absolute Gasteiger partial charge is 0.0328 e. The molecule has 0 fully saturated rings. The van der Waals surface area contributed by atoms with E-state index in [2.05, 4.69) is 52.2 Å². The summed E-state index contributed by atoms with van der Waals surface area (Å²) >= 11 is 0. The Hall–Kier alpha value is -1.03. The number of rotatable bonds is 5. The maximum atomic E-state index is 5.32. The van der Waals surface area contributed by atoms with Gasteiger partial charge < -0.3 is 0 Å². The molecule has 0 bridgehead atoms. The maximum absolute atomic E-state index is 5.32. The third-order valence-corrected chi connectivity index (χ3v) is 3.00. The van der Waals surface area contributed by atoms with E-state index in [1.807, 2.05) is 6.08 Å². The minimum atomic E-state index is 0.214. The molecule has 16 heavy (non-hydrogen) atoms. The Bertz CT molecular complexity index is 286. The second-order valence-corrected chi connectivity index (χ2v) is 5.48. The van der Waals surface area contributed by atoms with Gasteiger partial charge in [0.05, 0.1) is 0 Å². The fourth-order valence-electron chi connectivity index (χ4n) is 2.11. The minimum Gasteiger partial charge on any atom is -0.207 e. The average molecular weight is 219 g/mol. The molecule has 0 radical (unpaired) electrons. The Kier molecular flexibility index (Phi) is 6.11. The number of nitrogens with zero attached hydrogens (tertiary/aromatic N) is 1. The molecule has 0 rings (SSSR count). The molecule has 0 amide bonds. The van der Waals surface area contributed by atoms with E-state index in [4.69, 9.17) is 6.42 Å². The third-order valence-electron chi connectivity index (χ3n) is 3.00. The molecule has 1 heteroatoms. The van der Waals surface area contributed by atoms with E-state index in [1.54, 1.807) is 0 Å². The Morgan fingerprint density at radius 2 is 2.06 bits per heavy atom. The Morgan fingerprint density at radius 1 is 1.50 bits per heavy atom. The van der Waals surface area contributed by atoms with Crippen LogP contribution in [0.5, 0.6) is 0 Å². The average Bonchev–Trinajstić information content (AvgIpc) is 2.16. The molecule has 2 atom stereocenters. The van der Waals surface area contributed by atoms with Crippen molar-refractivity contribution in [1.82, 2.24) is 0 Å². The van der Waals surface area contributed by atoms with Gasteiger partial charge in [-0.3, -0.25) is 0 Å². The largest absolute Gasteiger partial charge is 0.207 e. The van der Waals surface area contributed by atoms with Crippen LogP contribution in [0.1, 0.15) is 47.5 Å². The first-order valence-corrected chi connectivity index (χ1v) is 6.01. The summed E-state index contributed by atoms with van der Waals surface area (Å²) in [6.45, 7) is 14.9.